The van der Waals surface area contributed by atoms with Crippen molar-refractivity contribution in [3.63, 3.8) is 0 Å². The van der Waals surface area contributed by atoms with Gasteiger partial charge in [0.25, 0.3) is 5.91 Å². The van der Waals surface area contributed by atoms with Crippen LogP contribution in [0.25, 0.3) is 5.69 Å². The number of hydrogen-bond acceptors (Lipinski definition) is 2. The molecule has 1 aromatic heterocycles. The number of benzene rings is 1. The van der Waals surface area contributed by atoms with Gasteiger partial charge in [0.2, 0.25) is 0 Å². The minimum Gasteiger partial charge on any atom is -0.351 e. The fraction of sp³-hybridized carbons (Fsp3) is 0.286. The van der Waals surface area contributed by atoms with Crippen LogP contribution in [0, 0.1) is 0 Å². The Morgan fingerprint density at radius 1 is 1.33 bits per heavy atom. The molecule has 18 heavy (non-hydrogen) atoms. The van der Waals surface area contributed by atoms with Crippen LogP contribution in [0.3, 0.4) is 0 Å². The molecule has 0 unspecified atom stereocenters. The lowest BCUT2D eigenvalue weighted by atomic mass is 10.3. The Morgan fingerprint density at radius 2 is 2.11 bits per heavy atom. The first-order chi connectivity index (χ1) is 8.83. The molecule has 0 fully saturated rings. The van der Waals surface area contributed by atoms with E-state index in [4.69, 9.17) is 0 Å². The van der Waals surface area contributed by atoms with Crippen molar-refractivity contribution < 1.29 is 4.79 Å². The van der Waals surface area contributed by atoms with E-state index < -0.39 is 0 Å². The molecule has 4 nitrogen and oxygen atoms in total. The number of aromatic nitrogens is 2. The highest BCUT2D eigenvalue weighted by atomic mass is 16.1. The molecule has 2 aromatic rings. The molecule has 0 saturated carbocycles. The Bertz CT molecular complexity index is 505. The number of rotatable bonds is 5. The number of para-hydroxylation sites is 1. The minimum absolute atomic E-state index is 0.0789. The number of carbonyl (C=O) groups is 1. The molecule has 0 aliphatic carbocycles. The van der Waals surface area contributed by atoms with Gasteiger partial charge in [-0.25, -0.2) is 4.98 Å². The van der Waals surface area contributed by atoms with Crippen LogP contribution in [0.1, 0.15) is 30.3 Å². The topological polar surface area (TPSA) is 46.9 Å². The molecule has 1 N–H and O–H groups in total. The lowest BCUT2D eigenvalue weighted by Crippen LogP contribution is -2.26. The zero-order chi connectivity index (χ0) is 12.8. The van der Waals surface area contributed by atoms with Gasteiger partial charge in [-0.2, -0.15) is 0 Å². The van der Waals surface area contributed by atoms with E-state index in [1.54, 1.807) is 17.1 Å². The van der Waals surface area contributed by atoms with Gasteiger partial charge in [-0.1, -0.05) is 31.5 Å². The summed E-state index contributed by atoms with van der Waals surface area (Å²) in [5, 5.41) is 2.90. The zero-order valence-electron chi connectivity index (χ0n) is 10.5. The lowest BCUT2D eigenvalue weighted by Gasteiger charge is -2.08. The number of nitrogens with zero attached hydrogens (tertiary/aromatic N) is 2. The lowest BCUT2D eigenvalue weighted by molar-refractivity contribution is 0.0946. The van der Waals surface area contributed by atoms with Crippen LogP contribution in [0.5, 0.6) is 0 Å². The smallest absolute Gasteiger partial charge is 0.269 e. The second-order valence-electron chi connectivity index (χ2n) is 4.09. The highest BCUT2D eigenvalue weighted by Gasteiger charge is 2.11. The quantitative estimate of drug-likeness (QED) is 0.820. The number of amides is 1. The standard InChI is InChI=1S/C14H17N3O/c1-2-3-9-16-14(18)13-10-15-11-17(13)12-7-5-4-6-8-12/h4-8,10-11H,2-3,9H2,1H3,(H,16,18). The van der Waals surface area contributed by atoms with Gasteiger partial charge >= 0.3 is 0 Å². The van der Waals surface area contributed by atoms with E-state index >= 15 is 0 Å². The number of nitrogens with one attached hydrogen (secondary N) is 1. The maximum atomic E-state index is 12.0. The van der Waals surface area contributed by atoms with E-state index in [0.29, 0.717) is 12.2 Å². The van der Waals surface area contributed by atoms with Crippen LogP contribution < -0.4 is 5.32 Å². The maximum absolute atomic E-state index is 12.0. The van der Waals surface area contributed by atoms with Gasteiger partial charge in [-0.15, -0.1) is 0 Å². The molecule has 1 amide bonds. The predicted octanol–water partition coefficient (Wildman–Crippen LogP) is 2.40. The minimum atomic E-state index is -0.0789. The molecule has 0 bridgehead atoms. The van der Waals surface area contributed by atoms with Crippen molar-refractivity contribution in [2.24, 2.45) is 0 Å². The van der Waals surface area contributed by atoms with E-state index in [1.165, 1.54) is 0 Å². The summed E-state index contributed by atoms with van der Waals surface area (Å²) in [6.07, 6.45) is 5.31. The third kappa shape index (κ3) is 2.77. The number of unbranched alkanes of at least 4 members (excludes halogenated alkanes) is 1. The van der Waals surface area contributed by atoms with Crippen LogP contribution in [-0.2, 0) is 0 Å². The molecule has 2 rings (SSSR count). The SMILES string of the molecule is CCCCNC(=O)c1cncn1-c1ccccc1. The highest BCUT2D eigenvalue weighted by molar-refractivity contribution is 5.92. The van der Waals surface area contributed by atoms with E-state index in [2.05, 4.69) is 17.2 Å². The number of carbonyl (C=O) groups excluding carboxylic acids is 1. The number of hydrogen-bond donors (Lipinski definition) is 1. The van der Waals surface area contributed by atoms with Crippen molar-refractivity contribution in [3.05, 3.63) is 48.5 Å². The van der Waals surface area contributed by atoms with Crippen LogP contribution in [0.4, 0.5) is 0 Å². The van der Waals surface area contributed by atoms with Gasteiger partial charge in [0, 0.05) is 12.2 Å². The molecular weight excluding hydrogens is 226 g/mol. The summed E-state index contributed by atoms with van der Waals surface area (Å²) >= 11 is 0. The summed E-state index contributed by atoms with van der Waals surface area (Å²) in [6, 6.07) is 9.72. The number of imidazole rings is 1. The van der Waals surface area contributed by atoms with E-state index in [1.807, 2.05) is 30.3 Å². The second-order valence-corrected chi connectivity index (χ2v) is 4.09. The monoisotopic (exact) mass is 243 g/mol. The zero-order valence-corrected chi connectivity index (χ0v) is 10.5. The second kappa shape index (κ2) is 6.00. The average Bonchev–Trinajstić information content (AvgIpc) is 2.89. The molecular formula is C14H17N3O. The fourth-order valence-electron chi connectivity index (χ4n) is 1.73. The van der Waals surface area contributed by atoms with Crippen molar-refractivity contribution >= 4 is 5.91 Å². The molecule has 0 saturated heterocycles. The maximum Gasteiger partial charge on any atom is 0.269 e. The molecule has 0 radical (unpaired) electrons. The Balaban J connectivity index is 2.15. The van der Waals surface area contributed by atoms with E-state index in [9.17, 15) is 4.79 Å². The Morgan fingerprint density at radius 3 is 2.83 bits per heavy atom. The van der Waals surface area contributed by atoms with Crippen LogP contribution in [-0.4, -0.2) is 22.0 Å². The average molecular weight is 243 g/mol. The van der Waals surface area contributed by atoms with Crippen molar-refractivity contribution in [1.82, 2.24) is 14.9 Å². The summed E-state index contributed by atoms with van der Waals surface area (Å²) in [5.74, 6) is -0.0789. The summed E-state index contributed by atoms with van der Waals surface area (Å²) in [5.41, 5.74) is 1.51. The van der Waals surface area contributed by atoms with E-state index in [0.717, 1.165) is 18.5 Å². The summed E-state index contributed by atoms with van der Waals surface area (Å²) in [7, 11) is 0. The molecule has 94 valence electrons. The Hall–Kier alpha value is -2.10. The van der Waals surface area contributed by atoms with Crippen LogP contribution in [0.2, 0.25) is 0 Å². The van der Waals surface area contributed by atoms with Gasteiger partial charge in [-0.3, -0.25) is 9.36 Å². The first kappa shape index (κ1) is 12.4. The Labute approximate surface area is 107 Å². The molecule has 0 spiro atoms. The third-order valence-corrected chi connectivity index (χ3v) is 2.72. The van der Waals surface area contributed by atoms with Gasteiger partial charge in [0.05, 0.1) is 12.5 Å². The van der Waals surface area contributed by atoms with Gasteiger partial charge < -0.3 is 5.32 Å². The molecule has 0 aliphatic heterocycles. The molecule has 1 heterocycles. The van der Waals surface area contributed by atoms with Crippen molar-refractivity contribution in [3.8, 4) is 5.69 Å². The van der Waals surface area contributed by atoms with Crippen LogP contribution in [0.15, 0.2) is 42.9 Å². The van der Waals surface area contributed by atoms with Gasteiger partial charge in [0.15, 0.2) is 0 Å². The Kier molecular flexibility index (Phi) is 4.12. The summed E-state index contributed by atoms with van der Waals surface area (Å²) < 4.78 is 1.79. The van der Waals surface area contributed by atoms with Crippen LogP contribution >= 0.6 is 0 Å². The fourth-order valence-corrected chi connectivity index (χ4v) is 1.73. The molecule has 0 aliphatic rings. The highest BCUT2D eigenvalue weighted by Crippen LogP contribution is 2.10. The molecule has 0 atom stereocenters. The van der Waals surface area contributed by atoms with Crippen molar-refractivity contribution in [1.29, 1.82) is 0 Å². The first-order valence-corrected chi connectivity index (χ1v) is 6.19. The van der Waals surface area contributed by atoms with Crippen molar-refractivity contribution in [2.45, 2.75) is 19.8 Å². The predicted molar refractivity (Wildman–Crippen MR) is 70.8 cm³/mol. The molecule has 1 aromatic carbocycles. The first-order valence-electron chi connectivity index (χ1n) is 6.19. The van der Waals surface area contributed by atoms with Gasteiger partial charge in [0.1, 0.15) is 5.69 Å². The molecule has 4 heteroatoms. The largest absolute Gasteiger partial charge is 0.351 e. The summed E-state index contributed by atoms with van der Waals surface area (Å²) in [4.78, 5) is 16.1. The normalized spacial score (nSPS) is 10.3. The van der Waals surface area contributed by atoms with Gasteiger partial charge in [-0.05, 0) is 18.6 Å². The van der Waals surface area contributed by atoms with Crippen molar-refractivity contribution in [2.75, 3.05) is 6.54 Å². The van der Waals surface area contributed by atoms with E-state index in [-0.39, 0.29) is 5.91 Å². The summed E-state index contributed by atoms with van der Waals surface area (Å²) in [6.45, 7) is 2.80. The third-order valence-electron chi connectivity index (χ3n) is 2.72.